The zero-order valence-corrected chi connectivity index (χ0v) is 28.9. The number of hydrogen-bond acceptors (Lipinski definition) is 3. The number of amides is 2. The topological polar surface area (TPSA) is 61.4 Å². The number of rotatable bonds is 11. The summed E-state index contributed by atoms with van der Waals surface area (Å²) in [4.78, 5) is 31.7. The average molecular weight is 707 g/mol. The number of piperidine rings is 1. The van der Waals surface area contributed by atoms with Crippen molar-refractivity contribution in [2.45, 2.75) is 78.6 Å². The van der Waals surface area contributed by atoms with Crippen molar-refractivity contribution in [3.63, 3.8) is 0 Å². The molecule has 41 heavy (non-hydrogen) atoms. The van der Waals surface area contributed by atoms with Gasteiger partial charge in [-0.2, -0.15) is 0 Å². The summed E-state index contributed by atoms with van der Waals surface area (Å²) >= 11 is -0.0599. The third-order valence-corrected chi connectivity index (χ3v) is 15.2. The van der Waals surface area contributed by atoms with Crippen LogP contribution in [0.1, 0.15) is 75.3 Å². The molecule has 0 spiro atoms. The summed E-state index contributed by atoms with van der Waals surface area (Å²) in [5, 5.41) is 6.74. The SMILES string of the molecule is C[I-]C(P)(P)CNC(=O)C1(CCCCN2CCC(NC(=O)C3CCCCC3)CC2)c2ccccc2-c2ccccc21. The second-order valence-corrected chi connectivity index (χ2v) is 20.4. The van der Waals surface area contributed by atoms with Crippen LogP contribution in [0, 0.1) is 5.92 Å². The number of nitrogens with zero attached hydrogens (tertiary/aromatic N) is 1. The maximum atomic E-state index is 14.2. The first-order valence-corrected chi connectivity index (χ1v) is 19.8. The number of halogens is 1. The van der Waals surface area contributed by atoms with E-state index in [4.69, 9.17) is 0 Å². The number of benzene rings is 2. The molecule has 3 aliphatic rings. The van der Waals surface area contributed by atoms with Crippen LogP contribution in [0.15, 0.2) is 48.5 Å². The minimum absolute atomic E-state index is 0.00929. The minimum atomic E-state index is -0.652. The average Bonchev–Trinajstić information content (AvgIpc) is 3.30. The van der Waals surface area contributed by atoms with Gasteiger partial charge in [0.1, 0.15) is 0 Å². The van der Waals surface area contributed by atoms with Gasteiger partial charge in [-0.1, -0.05) is 19.3 Å². The maximum absolute atomic E-state index is 14.2. The Hall–Kier alpha value is -1.07. The van der Waals surface area contributed by atoms with Crippen LogP contribution in [0.3, 0.4) is 0 Å². The summed E-state index contributed by atoms with van der Waals surface area (Å²) in [5.41, 5.74) is 4.04. The van der Waals surface area contributed by atoms with Gasteiger partial charge in [0.15, 0.2) is 0 Å². The third kappa shape index (κ3) is 7.19. The van der Waals surface area contributed by atoms with E-state index in [9.17, 15) is 9.59 Å². The predicted molar refractivity (Wildman–Crippen MR) is 172 cm³/mol. The normalized spacial score (nSPS) is 19.5. The quantitative estimate of drug-likeness (QED) is 0.164. The predicted octanol–water partition coefficient (Wildman–Crippen LogP) is 2.52. The molecular weight excluding hydrogens is 659 g/mol. The Morgan fingerprint density at radius 3 is 2.15 bits per heavy atom. The van der Waals surface area contributed by atoms with E-state index in [2.05, 4.69) is 87.5 Å². The van der Waals surface area contributed by atoms with Crippen LogP contribution >= 0.6 is 18.5 Å². The summed E-state index contributed by atoms with van der Waals surface area (Å²) in [6, 6.07) is 17.3. The van der Waals surface area contributed by atoms with E-state index in [1.165, 1.54) is 30.4 Å². The monoisotopic (exact) mass is 706 g/mol. The molecule has 2 fully saturated rings. The molecule has 1 saturated heterocycles. The summed E-state index contributed by atoms with van der Waals surface area (Å²) in [6.07, 6.45) is 10.8. The second kappa shape index (κ2) is 14.1. The molecule has 8 heteroatoms. The Balaban J connectivity index is 1.20. The molecular formula is C33H47IN3O2P2-. The van der Waals surface area contributed by atoms with Crippen LogP contribution < -0.4 is 31.8 Å². The van der Waals surface area contributed by atoms with Gasteiger partial charge in [-0.05, 0) is 12.8 Å². The molecule has 2 atom stereocenters. The summed E-state index contributed by atoms with van der Waals surface area (Å²) in [5.74, 6) is 0.672. The number of carbonyl (C=O) groups excluding carboxylic acids is 2. The van der Waals surface area contributed by atoms with E-state index in [1.54, 1.807) is 0 Å². The molecule has 2 amide bonds. The van der Waals surface area contributed by atoms with E-state index in [0.717, 1.165) is 75.7 Å². The molecule has 2 aromatic carbocycles. The molecule has 2 unspecified atom stereocenters. The van der Waals surface area contributed by atoms with Crippen LogP contribution in [0.2, 0.25) is 0 Å². The zero-order chi connectivity index (χ0) is 28.9. The molecule has 0 aromatic heterocycles. The number of hydrogen-bond donors (Lipinski definition) is 2. The Kier molecular flexibility index (Phi) is 10.8. The first kappa shape index (κ1) is 31.4. The van der Waals surface area contributed by atoms with E-state index in [-0.39, 0.29) is 35.9 Å². The molecule has 1 saturated carbocycles. The first-order chi connectivity index (χ1) is 19.8. The molecule has 2 aliphatic carbocycles. The number of carbonyl (C=O) groups is 2. The fourth-order valence-corrected chi connectivity index (χ4v) is 7.87. The molecule has 224 valence electrons. The standard InChI is InChI=1S/C33H47IN3O2P2/c1-34-33(40,41)23-35-31(39)32(28-15-7-5-13-26(28)27-14-6-8-16-29(27)32)19-9-10-20-37-21-17-25(18-22-37)36-30(38)24-11-3-2-4-12-24/h5-8,13-16,24-25H,2-4,9-12,17-23,40-41H2,1H3,(H,35,39)(H,36,38)/q-1. The molecule has 5 rings (SSSR count). The molecule has 2 aromatic rings. The van der Waals surface area contributed by atoms with Crippen molar-refractivity contribution < 1.29 is 30.8 Å². The second-order valence-electron chi connectivity index (χ2n) is 12.2. The van der Waals surface area contributed by atoms with Crippen molar-refractivity contribution in [2.24, 2.45) is 5.92 Å². The van der Waals surface area contributed by atoms with Gasteiger partial charge in [0.25, 0.3) is 0 Å². The number of fused-ring (bicyclic) bond motifs is 3. The summed E-state index contributed by atoms with van der Waals surface area (Å²) in [6.45, 7) is 3.78. The Morgan fingerprint density at radius 2 is 1.54 bits per heavy atom. The summed E-state index contributed by atoms with van der Waals surface area (Å²) < 4.78 is 0.00929. The van der Waals surface area contributed by atoms with Gasteiger partial charge in [0.2, 0.25) is 5.91 Å². The van der Waals surface area contributed by atoms with Gasteiger partial charge in [-0.15, -0.1) is 0 Å². The fourth-order valence-electron chi connectivity index (χ4n) is 7.10. The van der Waals surface area contributed by atoms with E-state index < -0.39 is 5.41 Å². The van der Waals surface area contributed by atoms with Crippen LogP contribution in [0.5, 0.6) is 0 Å². The number of likely N-dealkylation sites (tertiary alicyclic amines) is 1. The molecule has 0 bridgehead atoms. The van der Waals surface area contributed by atoms with Gasteiger partial charge in [-0.3, -0.25) is 4.79 Å². The van der Waals surface area contributed by atoms with Gasteiger partial charge in [0.05, 0.1) is 0 Å². The Morgan fingerprint density at radius 1 is 0.927 bits per heavy atom. The van der Waals surface area contributed by atoms with Crippen molar-refractivity contribution in [3.05, 3.63) is 59.7 Å². The number of nitrogens with one attached hydrogen (secondary N) is 2. The third-order valence-electron chi connectivity index (χ3n) is 9.51. The Labute approximate surface area is 261 Å². The van der Waals surface area contributed by atoms with E-state index in [1.807, 2.05) is 0 Å². The molecule has 1 heterocycles. The van der Waals surface area contributed by atoms with Crippen LogP contribution in [-0.4, -0.2) is 56.8 Å². The van der Waals surface area contributed by atoms with Crippen molar-refractivity contribution in [2.75, 3.05) is 31.1 Å². The van der Waals surface area contributed by atoms with Gasteiger partial charge < -0.3 is 5.32 Å². The van der Waals surface area contributed by atoms with E-state index in [0.29, 0.717) is 18.5 Å². The van der Waals surface area contributed by atoms with Crippen molar-refractivity contribution in [1.82, 2.24) is 15.5 Å². The van der Waals surface area contributed by atoms with Crippen LogP contribution in [-0.2, 0) is 15.0 Å². The number of alkyl halides is 2. The van der Waals surface area contributed by atoms with Crippen molar-refractivity contribution in [1.29, 1.82) is 0 Å². The van der Waals surface area contributed by atoms with Gasteiger partial charge >= 0.3 is 203 Å². The zero-order valence-electron chi connectivity index (χ0n) is 24.5. The van der Waals surface area contributed by atoms with Crippen LogP contribution in [0.25, 0.3) is 11.1 Å². The van der Waals surface area contributed by atoms with Gasteiger partial charge in [-0.25, -0.2) is 0 Å². The van der Waals surface area contributed by atoms with Crippen molar-refractivity contribution in [3.8, 4) is 11.1 Å². The molecule has 5 nitrogen and oxygen atoms in total. The summed E-state index contributed by atoms with van der Waals surface area (Å²) in [7, 11) is 5.87. The van der Waals surface area contributed by atoms with Crippen molar-refractivity contribution >= 4 is 30.3 Å². The first-order valence-electron chi connectivity index (χ1n) is 15.4. The van der Waals surface area contributed by atoms with Crippen LogP contribution in [0.4, 0.5) is 0 Å². The molecule has 2 N–H and O–H groups in total. The number of unbranched alkanes of at least 4 members (excludes halogenated alkanes) is 1. The van der Waals surface area contributed by atoms with Gasteiger partial charge in [0, 0.05) is 12.0 Å². The Bertz CT molecular complexity index is 1160. The molecule has 1 aliphatic heterocycles. The fraction of sp³-hybridized carbons (Fsp3) is 0.576. The molecule has 0 radical (unpaired) electrons. The van der Waals surface area contributed by atoms with E-state index >= 15 is 0 Å².